The van der Waals surface area contributed by atoms with Crippen molar-refractivity contribution in [2.75, 3.05) is 6.54 Å². The zero-order valence-corrected chi connectivity index (χ0v) is 12.1. The third-order valence-electron chi connectivity index (χ3n) is 2.60. The van der Waals surface area contributed by atoms with E-state index >= 15 is 0 Å². The average molecular weight is 348 g/mol. The van der Waals surface area contributed by atoms with Crippen molar-refractivity contribution >= 4 is 15.9 Å². The summed E-state index contributed by atoms with van der Waals surface area (Å²) in [6.07, 6.45) is -1.04. The summed E-state index contributed by atoms with van der Waals surface area (Å²) in [5, 5.41) is 3.99. The number of benzene rings is 1. The van der Waals surface area contributed by atoms with Gasteiger partial charge in [0.1, 0.15) is 0 Å². The molecule has 0 unspecified atom stereocenters. The zero-order valence-electron chi connectivity index (χ0n) is 10.5. The fraction of sp³-hybridized carbons (Fsp3) is 0.308. The number of aromatic nitrogens is 2. The van der Waals surface area contributed by atoms with Crippen LogP contribution in [0.1, 0.15) is 5.56 Å². The maximum Gasteiger partial charge on any atom is 0.401 e. The lowest BCUT2D eigenvalue weighted by atomic mass is 10.2. The molecular weight excluding hydrogens is 335 g/mol. The molecule has 0 amide bonds. The van der Waals surface area contributed by atoms with Crippen molar-refractivity contribution in [3.8, 4) is 0 Å². The molecule has 1 aromatic carbocycles. The van der Waals surface area contributed by atoms with Crippen LogP contribution in [0.2, 0.25) is 0 Å². The first-order valence-electron chi connectivity index (χ1n) is 5.93. The number of nitrogens with zero attached hydrogens (tertiary/aromatic N) is 3. The lowest BCUT2D eigenvalue weighted by Gasteiger charge is -2.23. The largest absolute Gasteiger partial charge is 0.401 e. The second kappa shape index (κ2) is 6.41. The molecule has 0 spiro atoms. The van der Waals surface area contributed by atoms with Gasteiger partial charge in [-0.15, -0.1) is 0 Å². The van der Waals surface area contributed by atoms with Crippen LogP contribution in [0.4, 0.5) is 13.2 Å². The molecule has 0 fully saturated rings. The summed E-state index contributed by atoms with van der Waals surface area (Å²) < 4.78 is 40.1. The minimum absolute atomic E-state index is 0.0833. The number of halogens is 4. The number of hydrogen-bond acceptors (Lipinski definition) is 2. The van der Waals surface area contributed by atoms with Crippen molar-refractivity contribution in [3.63, 3.8) is 0 Å². The first-order chi connectivity index (χ1) is 9.42. The van der Waals surface area contributed by atoms with Crippen LogP contribution in [-0.2, 0) is 13.2 Å². The van der Waals surface area contributed by atoms with Crippen LogP contribution in [0.3, 0.4) is 0 Å². The Morgan fingerprint density at radius 2 is 1.90 bits per heavy atom. The molecule has 0 radical (unpaired) electrons. The number of hydrogen-bond donors (Lipinski definition) is 0. The molecule has 0 N–H and O–H groups in total. The van der Waals surface area contributed by atoms with Crippen molar-refractivity contribution in [2.45, 2.75) is 19.4 Å². The molecule has 108 valence electrons. The Morgan fingerprint density at radius 1 is 1.20 bits per heavy atom. The van der Waals surface area contributed by atoms with Crippen LogP contribution in [0.5, 0.6) is 0 Å². The van der Waals surface area contributed by atoms with Gasteiger partial charge in [-0.05, 0) is 21.5 Å². The second-order valence-corrected chi connectivity index (χ2v) is 5.34. The fourth-order valence-electron chi connectivity index (χ4n) is 1.87. The Labute approximate surface area is 123 Å². The van der Waals surface area contributed by atoms with Crippen LogP contribution in [0, 0.1) is 0 Å². The topological polar surface area (TPSA) is 21.1 Å². The summed E-state index contributed by atoms with van der Waals surface area (Å²) in [5.41, 5.74) is 0.836. The highest BCUT2D eigenvalue weighted by Crippen LogP contribution is 2.19. The van der Waals surface area contributed by atoms with Crippen LogP contribution >= 0.6 is 15.9 Å². The SMILES string of the molecule is FC(F)(F)CN(Cc1ccccc1)Cn1cc(Br)cn1. The summed E-state index contributed by atoms with van der Waals surface area (Å²) in [6.45, 7) is -0.669. The monoisotopic (exact) mass is 347 g/mol. The summed E-state index contributed by atoms with van der Waals surface area (Å²) in [4.78, 5) is 1.30. The van der Waals surface area contributed by atoms with Gasteiger partial charge in [-0.2, -0.15) is 18.3 Å². The third kappa shape index (κ3) is 4.97. The smallest absolute Gasteiger partial charge is 0.271 e. The van der Waals surface area contributed by atoms with Crippen molar-refractivity contribution in [2.24, 2.45) is 0 Å². The molecule has 7 heteroatoms. The van der Waals surface area contributed by atoms with E-state index in [1.165, 1.54) is 9.58 Å². The lowest BCUT2D eigenvalue weighted by Crippen LogP contribution is -2.35. The molecule has 0 aliphatic heterocycles. The summed E-state index contributed by atoms with van der Waals surface area (Å²) >= 11 is 3.23. The highest BCUT2D eigenvalue weighted by atomic mass is 79.9. The van der Waals surface area contributed by atoms with Crippen LogP contribution in [0.25, 0.3) is 0 Å². The van der Waals surface area contributed by atoms with Crippen molar-refractivity contribution < 1.29 is 13.2 Å². The first-order valence-corrected chi connectivity index (χ1v) is 6.73. The highest BCUT2D eigenvalue weighted by molar-refractivity contribution is 9.10. The number of rotatable bonds is 5. The summed E-state index contributed by atoms with van der Waals surface area (Å²) in [6, 6.07) is 9.07. The van der Waals surface area contributed by atoms with Crippen molar-refractivity contribution in [1.82, 2.24) is 14.7 Å². The molecule has 2 aromatic rings. The normalized spacial score (nSPS) is 12.1. The first kappa shape index (κ1) is 15.1. The Kier molecular flexibility index (Phi) is 4.82. The standard InChI is InChI=1S/C13H13BrF3N3/c14-12-6-18-20(8-12)10-19(9-13(15,16)17)7-11-4-2-1-3-5-11/h1-6,8H,7,9-10H2. The molecule has 2 rings (SSSR count). The van der Waals surface area contributed by atoms with Gasteiger partial charge in [0.2, 0.25) is 0 Å². The van der Waals surface area contributed by atoms with E-state index in [0.29, 0.717) is 0 Å². The molecule has 0 atom stereocenters. The van der Waals surface area contributed by atoms with Gasteiger partial charge in [-0.3, -0.25) is 9.58 Å². The zero-order chi connectivity index (χ0) is 14.6. The lowest BCUT2D eigenvalue weighted by molar-refractivity contribution is -0.151. The second-order valence-electron chi connectivity index (χ2n) is 4.43. The fourth-order valence-corrected chi connectivity index (χ4v) is 2.20. The van der Waals surface area contributed by atoms with Gasteiger partial charge < -0.3 is 0 Å². The van der Waals surface area contributed by atoms with Crippen LogP contribution in [0.15, 0.2) is 47.2 Å². The maximum atomic E-state index is 12.6. The summed E-state index contributed by atoms with van der Waals surface area (Å²) in [5.74, 6) is 0. The van der Waals surface area contributed by atoms with E-state index in [1.54, 1.807) is 12.4 Å². The average Bonchev–Trinajstić information content (AvgIpc) is 2.74. The highest BCUT2D eigenvalue weighted by Gasteiger charge is 2.30. The van der Waals surface area contributed by atoms with E-state index in [0.717, 1.165) is 10.0 Å². The molecule has 0 saturated heterocycles. The van der Waals surface area contributed by atoms with Crippen LogP contribution < -0.4 is 0 Å². The molecule has 0 bridgehead atoms. The predicted octanol–water partition coefficient (Wildman–Crippen LogP) is 3.67. The quantitative estimate of drug-likeness (QED) is 0.822. The Morgan fingerprint density at radius 3 is 2.45 bits per heavy atom. The van der Waals surface area contributed by atoms with Crippen molar-refractivity contribution in [1.29, 1.82) is 0 Å². The molecule has 0 aliphatic carbocycles. The molecule has 0 saturated carbocycles. The number of alkyl halides is 3. The minimum Gasteiger partial charge on any atom is -0.271 e. The maximum absolute atomic E-state index is 12.6. The van der Waals surface area contributed by atoms with Gasteiger partial charge in [-0.1, -0.05) is 30.3 Å². The molecular formula is C13H13BrF3N3. The Balaban J connectivity index is 2.08. The van der Waals surface area contributed by atoms with Gasteiger partial charge in [-0.25, -0.2) is 0 Å². The molecule has 3 nitrogen and oxygen atoms in total. The van der Waals surface area contributed by atoms with E-state index in [9.17, 15) is 13.2 Å². The molecule has 0 aliphatic rings. The Bertz CT molecular complexity index is 539. The van der Waals surface area contributed by atoms with Gasteiger partial charge >= 0.3 is 6.18 Å². The minimum atomic E-state index is -4.24. The van der Waals surface area contributed by atoms with Gasteiger partial charge in [0.05, 0.1) is 23.9 Å². The summed E-state index contributed by atoms with van der Waals surface area (Å²) in [7, 11) is 0. The molecule has 1 aromatic heterocycles. The van der Waals surface area contributed by atoms with E-state index < -0.39 is 12.7 Å². The van der Waals surface area contributed by atoms with Gasteiger partial charge in [0.15, 0.2) is 0 Å². The van der Waals surface area contributed by atoms with E-state index in [4.69, 9.17) is 0 Å². The van der Waals surface area contributed by atoms with E-state index in [2.05, 4.69) is 21.0 Å². The Hall–Kier alpha value is -1.34. The van der Waals surface area contributed by atoms with Gasteiger partial charge in [0.25, 0.3) is 0 Å². The van der Waals surface area contributed by atoms with Gasteiger partial charge in [0, 0.05) is 12.7 Å². The third-order valence-corrected chi connectivity index (χ3v) is 3.01. The predicted molar refractivity (Wildman–Crippen MR) is 72.8 cm³/mol. The molecule has 1 heterocycles. The van der Waals surface area contributed by atoms with E-state index in [1.807, 2.05) is 30.3 Å². The van der Waals surface area contributed by atoms with Crippen molar-refractivity contribution in [3.05, 3.63) is 52.8 Å². The van der Waals surface area contributed by atoms with E-state index in [-0.39, 0.29) is 13.2 Å². The van der Waals surface area contributed by atoms with Crippen LogP contribution in [-0.4, -0.2) is 27.4 Å². The molecule has 20 heavy (non-hydrogen) atoms.